The molecule has 1 aliphatic carbocycles. The summed E-state index contributed by atoms with van der Waals surface area (Å²) < 4.78 is 1.58. The molecular formula is C23H30N4O2. The molecule has 1 unspecified atom stereocenters. The molecule has 2 fully saturated rings. The number of nitrogens with zero attached hydrogens (tertiary/aromatic N) is 3. The van der Waals surface area contributed by atoms with Gasteiger partial charge in [-0.1, -0.05) is 29.8 Å². The van der Waals surface area contributed by atoms with Gasteiger partial charge in [0.25, 0.3) is 5.56 Å². The van der Waals surface area contributed by atoms with E-state index in [1.807, 2.05) is 6.20 Å². The zero-order valence-electron chi connectivity index (χ0n) is 17.1. The number of piperidine rings is 1. The summed E-state index contributed by atoms with van der Waals surface area (Å²) in [4.78, 5) is 27.0. The van der Waals surface area contributed by atoms with Crippen LogP contribution in [0.2, 0.25) is 0 Å². The molecule has 29 heavy (non-hydrogen) atoms. The van der Waals surface area contributed by atoms with Gasteiger partial charge in [0.15, 0.2) is 0 Å². The minimum atomic E-state index is -0.0210. The molecule has 1 N–H and O–H groups in total. The van der Waals surface area contributed by atoms with E-state index in [4.69, 9.17) is 0 Å². The quantitative estimate of drug-likeness (QED) is 0.784. The summed E-state index contributed by atoms with van der Waals surface area (Å²) in [6, 6.07) is 9.93. The number of anilines is 1. The minimum Gasteiger partial charge on any atom is -0.370 e. The molecule has 1 amide bonds. The first-order chi connectivity index (χ1) is 14.1. The second-order valence-corrected chi connectivity index (χ2v) is 8.60. The molecule has 1 aromatic heterocycles. The largest absolute Gasteiger partial charge is 0.370 e. The average molecular weight is 395 g/mol. The van der Waals surface area contributed by atoms with Crippen molar-refractivity contribution in [3.63, 3.8) is 0 Å². The van der Waals surface area contributed by atoms with Crippen LogP contribution in [-0.4, -0.2) is 28.8 Å². The van der Waals surface area contributed by atoms with Crippen molar-refractivity contribution in [2.75, 3.05) is 18.0 Å². The van der Waals surface area contributed by atoms with Gasteiger partial charge in [-0.25, -0.2) is 4.68 Å². The first-order valence-corrected chi connectivity index (χ1v) is 10.7. The smallest absolute Gasteiger partial charge is 0.268 e. The van der Waals surface area contributed by atoms with Crippen molar-refractivity contribution in [2.45, 2.75) is 52.1 Å². The first-order valence-electron chi connectivity index (χ1n) is 10.7. The van der Waals surface area contributed by atoms with Gasteiger partial charge in [0.05, 0.1) is 11.9 Å². The standard InChI is InChI=1S/C23H30N4O2/c1-17-4-6-18(7-5-17)13-24-22(28)11-20-3-2-10-26(15-20)21-12-23(29)27(25-14-21)16-19-8-9-19/h4-7,12,14,19-20H,2-3,8-11,13,15-16H2,1H3,(H,24,28). The van der Waals surface area contributed by atoms with E-state index in [-0.39, 0.29) is 11.5 Å². The monoisotopic (exact) mass is 394 g/mol. The number of hydrogen-bond acceptors (Lipinski definition) is 4. The molecule has 0 spiro atoms. The highest BCUT2D eigenvalue weighted by Crippen LogP contribution is 2.30. The highest BCUT2D eigenvalue weighted by atomic mass is 16.1. The van der Waals surface area contributed by atoms with Crippen LogP contribution in [-0.2, 0) is 17.9 Å². The third-order valence-corrected chi connectivity index (χ3v) is 5.95. The van der Waals surface area contributed by atoms with Gasteiger partial charge in [-0.2, -0.15) is 5.10 Å². The highest BCUT2D eigenvalue weighted by molar-refractivity contribution is 5.76. The van der Waals surface area contributed by atoms with Gasteiger partial charge in [0.2, 0.25) is 5.91 Å². The lowest BCUT2D eigenvalue weighted by molar-refractivity contribution is -0.122. The van der Waals surface area contributed by atoms with Crippen molar-refractivity contribution in [3.05, 3.63) is 58.0 Å². The van der Waals surface area contributed by atoms with Gasteiger partial charge in [0.1, 0.15) is 0 Å². The van der Waals surface area contributed by atoms with Crippen LogP contribution in [0.5, 0.6) is 0 Å². The molecule has 1 saturated carbocycles. The Hall–Kier alpha value is -2.63. The predicted octanol–water partition coefficient (Wildman–Crippen LogP) is 2.88. The number of nitrogens with one attached hydrogen (secondary N) is 1. The maximum absolute atomic E-state index is 12.4. The van der Waals surface area contributed by atoms with E-state index in [0.29, 0.717) is 24.8 Å². The van der Waals surface area contributed by atoms with Crippen molar-refractivity contribution < 1.29 is 4.79 Å². The van der Waals surface area contributed by atoms with Crippen LogP contribution in [0, 0.1) is 18.8 Å². The second kappa shape index (κ2) is 8.80. The topological polar surface area (TPSA) is 67.2 Å². The number of benzene rings is 1. The Morgan fingerprint density at radius 3 is 2.69 bits per heavy atom. The summed E-state index contributed by atoms with van der Waals surface area (Å²) in [6.45, 7) is 5.07. The molecule has 1 atom stereocenters. The van der Waals surface area contributed by atoms with Crippen molar-refractivity contribution in [3.8, 4) is 0 Å². The number of hydrogen-bond donors (Lipinski definition) is 1. The number of amides is 1. The Morgan fingerprint density at radius 2 is 1.97 bits per heavy atom. The van der Waals surface area contributed by atoms with Crippen LogP contribution in [0.1, 0.15) is 43.2 Å². The van der Waals surface area contributed by atoms with E-state index in [0.717, 1.165) is 43.7 Å². The molecule has 6 nitrogen and oxygen atoms in total. The zero-order valence-corrected chi connectivity index (χ0v) is 17.1. The highest BCUT2D eigenvalue weighted by Gasteiger charge is 2.25. The molecule has 0 bridgehead atoms. The van der Waals surface area contributed by atoms with Crippen LogP contribution in [0.25, 0.3) is 0 Å². The zero-order chi connectivity index (χ0) is 20.2. The number of aromatic nitrogens is 2. The minimum absolute atomic E-state index is 0.0210. The Morgan fingerprint density at radius 1 is 1.17 bits per heavy atom. The fraction of sp³-hybridized carbons (Fsp3) is 0.522. The normalized spacial score (nSPS) is 19.2. The van der Waals surface area contributed by atoms with E-state index >= 15 is 0 Å². The van der Waals surface area contributed by atoms with Crippen LogP contribution in [0.3, 0.4) is 0 Å². The second-order valence-electron chi connectivity index (χ2n) is 8.60. The SMILES string of the molecule is Cc1ccc(CNC(=O)CC2CCCN(c3cnn(CC4CC4)c(=O)c3)C2)cc1. The maximum Gasteiger partial charge on any atom is 0.268 e. The van der Waals surface area contributed by atoms with Crippen LogP contribution in [0.4, 0.5) is 5.69 Å². The molecule has 2 aromatic rings. The van der Waals surface area contributed by atoms with E-state index in [2.05, 4.69) is 46.5 Å². The predicted molar refractivity (Wildman–Crippen MR) is 114 cm³/mol. The molecule has 1 aliphatic heterocycles. The van der Waals surface area contributed by atoms with E-state index < -0.39 is 0 Å². The van der Waals surface area contributed by atoms with E-state index in [1.54, 1.807) is 10.7 Å². The number of carbonyl (C=O) groups is 1. The summed E-state index contributed by atoms with van der Waals surface area (Å²) in [5.74, 6) is 1.02. The van der Waals surface area contributed by atoms with Gasteiger partial charge in [-0.3, -0.25) is 9.59 Å². The Balaban J connectivity index is 1.29. The van der Waals surface area contributed by atoms with Crippen LogP contribution in [0.15, 0.2) is 41.3 Å². The summed E-state index contributed by atoms with van der Waals surface area (Å²) in [7, 11) is 0. The summed E-state index contributed by atoms with van der Waals surface area (Å²) in [6.07, 6.45) is 6.81. The molecule has 154 valence electrons. The number of carbonyl (C=O) groups excluding carboxylic acids is 1. The number of aryl methyl sites for hydroxylation is 1. The van der Waals surface area contributed by atoms with Gasteiger partial charge in [-0.05, 0) is 50.0 Å². The Kier molecular flexibility index (Phi) is 5.97. The molecule has 1 saturated heterocycles. The molecule has 2 heterocycles. The lowest BCUT2D eigenvalue weighted by Crippen LogP contribution is -2.38. The van der Waals surface area contributed by atoms with Gasteiger partial charge in [-0.15, -0.1) is 0 Å². The van der Waals surface area contributed by atoms with Crippen LogP contribution >= 0.6 is 0 Å². The maximum atomic E-state index is 12.4. The van der Waals surface area contributed by atoms with Gasteiger partial charge < -0.3 is 10.2 Å². The van der Waals surface area contributed by atoms with E-state index in [9.17, 15) is 9.59 Å². The third kappa shape index (κ3) is 5.46. The Bertz CT molecular complexity index is 902. The van der Waals surface area contributed by atoms with Crippen molar-refractivity contribution in [2.24, 2.45) is 11.8 Å². The lowest BCUT2D eigenvalue weighted by Gasteiger charge is -2.34. The fourth-order valence-corrected chi connectivity index (χ4v) is 3.99. The fourth-order valence-electron chi connectivity index (χ4n) is 3.99. The molecule has 0 radical (unpaired) electrons. The van der Waals surface area contributed by atoms with Crippen molar-refractivity contribution >= 4 is 11.6 Å². The first kappa shape index (κ1) is 19.7. The van der Waals surface area contributed by atoms with Gasteiger partial charge >= 0.3 is 0 Å². The molecule has 6 heteroatoms. The summed E-state index contributed by atoms with van der Waals surface area (Å²) >= 11 is 0. The van der Waals surface area contributed by atoms with Crippen molar-refractivity contribution in [1.82, 2.24) is 15.1 Å². The molecular weight excluding hydrogens is 364 g/mol. The molecule has 1 aromatic carbocycles. The summed E-state index contributed by atoms with van der Waals surface area (Å²) in [5.41, 5.74) is 3.20. The number of rotatable bonds is 7. The van der Waals surface area contributed by atoms with Gasteiger partial charge in [0, 0.05) is 38.7 Å². The average Bonchev–Trinajstić information content (AvgIpc) is 3.53. The van der Waals surface area contributed by atoms with E-state index in [1.165, 1.54) is 18.4 Å². The molecule has 2 aliphatic rings. The summed E-state index contributed by atoms with van der Waals surface area (Å²) in [5, 5.41) is 7.41. The third-order valence-electron chi connectivity index (χ3n) is 5.95. The Labute approximate surface area is 171 Å². The molecule has 4 rings (SSSR count). The van der Waals surface area contributed by atoms with Crippen molar-refractivity contribution in [1.29, 1.82) is 0 Å². The van der Waals surface area contributed by atoms with Crippen LogP contribution < -0.4 is 15.8 Å². The lowest BCUT2D eigenvalue weighted by atomic mass is 9.94.